The zero-order valence-electron chi connectivity index (χ0n) is 8.90. The molecular weight excluding hydrogens is 190 g/mol. The van der Waals surface area contributed by atoms with Gasteiger partial charge in [0.25, 0.3) is 0 Å². The van der Waals surface area contributed by atoms with E-state index in [-0.39, 0.29) is 5.91 Å². The molecule has 1 amide bonds. The van der Waals surface area contributed by atoms with E-state index in [1.807, 2.05) is 36.1 Å². The average Bonchev–Trinajstić information content (AvgIpc) is 2.50. The van der Waals surface area contributed by atoms with Crippen LogP contribution < -0.4 is 9.64 Å². The van der Waals surface area contributed by atoms with Gasteiger partial charge < -0.3 is 9.64 Å². The number of hydrogen-bond acceptors (Lipinski definition) is 2. The van der Waals surface area contributed by atoms with Crippen LogP contribution in [-0.2, 0) is 4.79 Å². The van der Waals surface area contributed by atoms with Crippen LogP contribution in [0.1, 0.15) is 19.8 Å². The number of ether oxygens (including phenoxy) is 1. The van der Waals surface area contributed by atoms with Crippen molar-refractivity contribution in [3.8, 4) is 5.75 Å². The minimum Gasteiger partial charge on any atom is -0.491 e. The van der Waals surface area contributed by atoms with Gasteiger partial charge in [-0.25, -0.2) is 0 Å². The van der Waals surface area contributed by atoms with E-state index in [0.717, 1.165) is 24.4 Å². The monoisotopic (exact) mass is 205 g/mol. The van der Waals surface area contributed by atoms with Crippen LogP contribution in [0.2, 0.25) is 0 Å². The first-order chi connectivity index (χ1) is 7.33. The molecule has 0 atom stereocenters. The van der Waals surface area contributed by atoms with E-state index in [9.17, 15) is 4.79 Å². The van der Waals surface area contributed by atoms with Crippen LogP contribution in [0, 0.1) is 0 Å². The minimum atomic E-state index is 0.160. The second-order valence-electron chi connectivity index (χ2n) is 3.57. The summed E-state index contributed by atoms with van der Waals surface area (Å²) < 4.78 is 5.58. The second-order valence-corrected chi connectivity index (χ2v) is 3.57. The molecule has 3 nitrogen and oxygen atoms in total. The van der Waals surface area contributed by atoms with E-state index in [1.165, 1.54) is 0 Å². The van der Waals surface area contributed by atoms with Crippen molar-refractivity contribution in [2.24, 2.45) is 0 Å². The third-order valence-electron chi connectivity index (χ3n) is 2.54. The van der Waals surface area contributed by atoms with Gasteiger partial charge in [-0.1, -0.05) is 19.1 Å². The van der Waals surface area contributed by atoms with Gasteiger partial charge in [0.2, 0.25) is 5.91 Å². The number of amides is 1. The Hall–Kier alpha value is -1.51. The van der Waals surface area contributed by atoms with Crippen molar-refractivity contribution >= 4 is 11.6 Å². The van der Waals surface area contributed by atoms with Gasteiger partial charge in [0, 0.05) is 13.0 Å². The summed E-state index contributed by atoms with van der Waals surface area (Å²) in [6.45, 7) is 3.32. The molecule has 15 heavy (non-hydrogen) atoms. The number of anilines is 1. The lowest BCUT2D eigenvalue weighted by molar-refractivity contribution is -0.118. The molecule has 1 aliphatic rings. The number of benzene rings is 1. The highest BCUT2D eigenvalue weighted by Crippen LogP contribution is 2.30. The van der Waals surface area contributed by atoms with Gasteiger partial charge >= 0.3 is 0 Å². The molecule has 1 heterocycles. The molecule has 0 radical (unpaired) electrons. The van der Waals surface area contributed by atoms with Crippen LogP contribution in [-0.4, -0.2) is 19.1 Å². The van der Waals surface area contributed by atoms with E-state index in [2.05, 4.69) is 0 Å². The van der Waals surface area contributed by atoms with Crippen molar-refractivity contribution in [3.05, 3.63) is 24.3 Å². The number of carbonyl (C=O) groups is 1. The Morgan fingerprint density at radius 3 is 3.07 bits per heavy atom. The lowest BCUT2D eigenvalue weighted by Crippen LogP contribution is -2.30. The summed E-state index contributed by atoms with van der Waals surface area (Å²) in [5.41, 5.74) is 0.904. The van der Waals surface area contributed by atoms with E-state index in [0.29, 0.717) is 13.0 Å². The summed E-state index contributed by atoms with van der Waals surface area (Å²) in [6, 6.07) is 7.72. The van der Waals surface area contributed by atoms with Crippen molar-refractivity contribution in [2.45, 2.75) is 19.8 Å². The van der Waals surface area contributed by atoms with Gasteiger partial charge in [0.1, 0.15) is 5.75 Å². The average molecular weight is 205 g/mol. The topological polar surface area (TPSA) is 29.5 Å². The van der Waals surface area contributed by atoms with Gasteiger partial charge in [-0.15, -0.1) is 0 Å². The molecule has 0 unspecified atom stereocenters. The van der Waals surface area contributed by atoms with Crippen molar-refractivity contribution < 1.29 is 9.53 Å². The van der Waals surface area contributed by atoms with E-state index < -0.39 is 0 Å². The molecule has 1 aliphatic heterocycles. The molecule has 0 saturated carbocycles. The van der Waals surface area contributed by atoms with Gasteiger partial charge in [-0.05, 0) is 18.6 Å². The quantitative estimate of drug-likeness (QED) is 0.703. The van der Waals surface area contributed by atoms with Crippen LogP contribution in [0.3, 0.4) is 0 Å². The van der Waals surface area contributed by atoms with Crippen LogP contribution in [0.5, 0.6) is 5.75 Å². The zero-order valence-corrected chi connectivity index (χ0v) is 8.90. The Morgan fingerprint density at radius 1 is 1.47 bits per heavy atom. The maximum atomic E-state index is 11.8. The molecule has 3 heteroatoms. The van der Waals surface area contributed by atoms with Crippen molar-refractivity contribution in [3.63, 3.8) is 0 Å². The Kier molecular flexibility index (Phi) is 2.90. The molecule has 0 saturated heterocycles. The lowest BCUT2D eigenvalue weighted by atomic mass is 10.2. The number of hydrogen-bond donors (Lipinski definition) is 0. The standard InChI is InChI=1S/C12H15NO2/c1-2-12(14)13-8-5-9-15-11-7-4-3-6-10(11)13/h3-4,6-7H,2,5,8-9H2,1H3. The van der Waals surface area contributed by atoms with Crippen molar-refractivity contribution in [1.82, 2.24) is 0 Å². The molecule has 0 bridgehead atoms. The summed E-state index contributed by atoms with van der Waals surface area (Å²) in [5, 5.41) is 0. The largest absolute Gasteiger partial charge is 0.491 e. The van der Waals surface area contributed by atoms with Crippen LogP contribution in [0.4, 0.5) is 5.69 Å². The van der Waals surface area contributed by atoms with Gasteiger partial charge in [-0.3, -0.25) is 4.79 Å². The van der Waals surface area contributed by atoms with Crippen molar-refractivity contribution in [1.29, 1.82) is 0 Å². The first-order valence-corrected chi connectivity index (χ1v) is 5.35. The highest BCUT2D eigenvalue weighted by molar-refractivity contribution is 5.94. The Balaban J connectivity index is 2.37. The Bertz CT molecular complexity index is 362. The minimum absolute atomic E-state index is 0.160. The van der Waals surface area contributed by atoms with Gasteiger partial charge in [0.05, 0.1) is 12.3 Å². The summed E-state index contributed by atoms with van der Waals surface area (Å²) in [5.74, 6) is 0.977. The number of carbonyl (C=O) groups excluding carboxylic acids is 1. The predicted octanol–water partition coefficient (Wildman–Crippen LogP) is 2.21. The smallest absolute Gasteiger partial charge is 0.226 e. The Morgan fingerprint density at radius 2 is 2.27 bits per heavy atom. The fraction of sp³-hybridized carbons (Fsp3) is 0.417. The summed E-state index contributed by atoms with van der Waals surface area (Å²) in [6.07, 6.45) is 1.43. The first kappa shape index (κ1) is 10.0. The molecule has 0 N–H and O–H groups in total. The predicted molar refractivity (Wildman–Crippen MR) is 59.2 cm³/mol. The summed E-state index contributed by atoms with van der Waals surface area (Å²) >= 11 is 0. The highest BCUT2D eigenvalue weighted by Gasteiger charge is 2.19. The summed E-state index contributed by atoms with van der Waals surface area (Å²) in [7, 11) is 0. The van der Waals surface area contributed by atoms with Gasteiger partial charge in [0.15, 0.2) is 0 Å². The van der Waals surface area contributed by atoms with Crippen LogP contribution in [0.25, 0.3) is 0 Å². The SMILES string of the molecule is CCC(=O)N1CCCOc2ccccc21. The number of nitrogens with zero attached hydrogens (tertiary/aromatic N) is 1. The molecule has 80 valence electrons. The molecule has 0 fully saturated rings. The fourth-order valence-electron chi connectivity index (χ4n) is 1.78. The van der Waals surface area contributed by atoms with E-state index >= 15 is 0 Å². The third-order valence-corrected chi connectivity index (χ3v) is 2.54. The molecule has 0 spiro atoms. The third kappa shape index (κ3) is 1.96. The highest BCUT2D eigenvalue weighted by atomic mass is 16.5. The van der Waals surface area contributed by atoms with Crippen molar-refractivity contribution in [2.75, 3.05) is 18.1 Å². The number of rotatable bonds is 1. The normalized spacial score (nSPS) is 15.1. The molecule has 1 aromatic carbocycles. The van der Waals surface area contributed by atoms with E-state index in [4.69, 9.17) is 4.74 Å². The molecule has 0 aliphatic carbocycles. The maximum absolute atomic E-state index is 11.8. The van der Waals surface area contributed by atoms with Crippen LogP contribution in [0.15, 0.2) is 24.3 Å². The number of para-hydroxylation sites is 2. The molecule has 0 aromatic heterocycles. The maximum Gasteiger partial charge on any atom is 0.226 e. The van der Waals surface area contributed by atoms with E-state index in [1.54, 1.807) is 0 Å². The first-order valence-electron chi connectivity index (χ1n) is 5.35. The molecular formula is C12H15NO2. The summed E-state index contributed by atoms with van der Waals surface area (Å²) in [4.78, 5) is 13.6. The molecule has 1 aromatic rings. The van der Waals surface area contributed by atoms with Gasteiger partial charge in [-0.2, -0.15) is 0 Å². The number of fused-ring (bicyclic) bond motifs is 1. The molecule has 2 rings (SSSR count). The van der Waals surface area contributed by atoms with Crippen LogP contribution >= 0.6 is 0 Å². The zero-order chi connectivity index (χ0) is 10.7. The Labute approximate surface area is 89.7 Å². The fourth-order valence-corrected chi connectivity index (χ4v) is 1.78. The second kappa shape index (κ2) is 4.34. The lowest BCUT2D eigenvalue weighted by Gasteiger charge is -2.20.